The van der Waals surface area contributed by atoms with E-state index in [0.29, 0.717) is 6.42 Å². The van der Waals surface area contributed by atoms with Crippen molar-refractivity contribution in [3.05, 3.63) is 12.2 Å². The summed E-state index contributed by atoms with van der Waals surface area (Å²) in [5.41, 5.74) is 0. The number of aliphatic hydroxyl groups excluding tert-OH is 1. The summed E-state index contributed by atoms with van der Waals surface area (Å²) < 4.78 is 26.8. The molecule has 54 heavy (non-hydrogen) atoms. The van der Waals surface area contributed by atoms with Gasteiger partial charge in [0, 0.05) is 19.4 Å². The molecule has 0 rings (SSSR count). The molecule has 2 unspecified atom stereocenters. The number of hydrogen-bond acceptors (Lipinski definition) is 7. The highest BCUT2D eigenvalue weighted by molar-refractivity contribution is 7.47. The summed E-state index contributed by atoms with van der Waals surface area (Å²) >= 11 is 0. The van der Waals surface area contributed by atoms with E-state index in [2.05, 4.69) is 31.3 Å². The van der Waals surface area contributed by atoms with Gasteiger partial charge in [-0.1, -0.05) is 193 Å². The first-order chi connectivity index (χ1) is 26.3. The van der Waals surface area contributed by atoms with E-state index < -0.39 is 26.5 Å². The van der Waals surface area contributed by atoms with Gasteiger partial charge in [-0.3, -0.25) is 18.6 Å². The van der Waals surface area contributed by atoms with Gasteiger partial charge in [-0.2, -0.15) is 0 Å². The lowest BCUT2D eigenvalue weighted by atomic mass is 10.0. The molecular weight excluding hydrogens is 701 g/mol. The summed E-state index contributed by atoms with van der Waals surface area (Å²) in [4.78, 5) is 33.8. The van der Waals surface area contributed by atoms with Gasteiger partial charge in [-0.25, -0.2) is 4.57 Å². The largest absolute Gasteiger partial charge is 0.472 e. The molecule has 0 aliphatic heterocycles. The van der Waals surface area contributed by atoms with Gasteiger partial charge in [0.05, 0.1) is 13.2 Å². The van der Waals surface area contributed by atoms with Gasteiger partial charge >= 0.3 is 13.8 Å². The van der Waals surface area contributed by atoms with Crippen LogP contribution in [-0.2, 0) is 27.9 Å². The highest BCUT2D eigenvalue weighted by Gasteiger charge is 2.23. The Morgan fingerprint density at radius 1 is 0.556 bits per heavy atom. The predicted molar refractivity (Wildman–Crippen MR) is 225 cm³/mol. The summed E-state index contributed by atoms with van der Waals surface area (Å²) in [5.74, 6) is -0.519. The quantitative estimate of drug-likeness (QED) is 0.0241. The molecule has 0 radical (unpaired) electrons. The Kier molecular flexibility index (Phi) is 40.4. The number of hydrogen-bond donors (Lipinski definition) is 3. The Balaban J connectivity index is 3.51. The van der Waals surface area contributed by atoms with E-state index >= 15 is 0 Å². The maximum Gasteiger partial charge on any atom is 0.472 e. The van der Waals surface area contributed by atoms with Crippen LogP contribution in [0.15, 0.2) is 12.2 Å². The third-order valence-electron chi connectivity index (χ3n) is 9.93. The van der Waals surface area contributed by atoms with Gasteiger partial charge in [0.2, 0.25) is 5.91 Å². The lowest BCUT2D eigenvalue weighted by molar-refractivity contribution is -0.147. The van der Waals surface area contributed by atoms with E-state index in [1.165, 1.54) is 141 Å². The van der Waals surface area contributed by atoms with Crippen LogP contribution in [-0.4, -0.2) is 54.3 Å². The zero-order chi connectivity index (χ0) is 39.6. The molecule has 0 aromatic rings. The minimum absolute atomic E-state index is 0.0800. The first-order valence-corrected chi connectivity index (χ1v) is 24.2. The predicted octanol–water partition coefficient (Wildman–Crippen LogP) is 12.6. The van der Waals surface area contributed by atoms with Crippen molar-refractivity contribution in [3.63, 3.8) is 0 Å². The van der Waals surface area contributed by atoms with Gasteiger partial charge in [0.15, 0.2) is 0 Å². The molecule has 0 spiro atoms. The Morgan fingerprint density at radius 2 is 0.981 bits per heavy atom. The fraction of sp³-hybridized carbons (Fsp3) is 0.909. The summed E-state index contributed by atoms with van der Waals surface area (Å²) in [7, 11) is -4.41. The minimum Gasteiger partial charge on any atom is -0.463 e. The molecular formula is C44H86NO8P. The molecule has 10 heteroatoms. The minimum atomic E-state index is -4.41. The Labute approximate surface area is 332 Å². The standard InChI is InChI=1S/C44H86NO8P/c1-3-5-7-9-11-13-15-16-17-18-19-20-21-22-23-24-25-26-27-29-31-33-35-37-44(48)51-40-42(46)41-53-54(49,50)52-39-38-45-43(47)36-34-32-30-28-14-12-10-8-6-4-2/h8,10,42,46H,3-7,9,11-41H2,1-2H3,(H,45,47)(H,49,50)/b10-8-. The third kappa shape index (κ3) is 41.9. The third-order valence-corrected chi connectivity index (χ3v) is 10.9. The van der Waals surface area contributed by atoms with Crippen LogP contribution in [0.25, 0.3) is 0 Å². The van der Waals surface area contributed by atoms with Gasteiger partial charge in [-0.15, -0.1) is 0 Å². The van der Waals surface area contributed by atoms with Crippen molar-refractivity contribution in [3.8, 4) is 0 Å². The van der Waals surface area contributed by atoms with Crippen LogP contribution in [0.5, 0.6) is 0 Å². The normalized spacial score (nSPS) is 13.3. The first-order valence-electron chi connectivity index (χ1n) is 22.7. The Morgan fingerprint density at radius 3 is 1.46 bits per heavy atom. The smallest absolute Gasteiger partial charge is 0.463 e. The molecule has 9 nitrogen and oxygen atoms in total. The molecule has 0 aliphatic carbocycles. The van der Waals surface area contributed by atoms with Crippen LogP contribution < -0.4 is 5.32 Å². The zero-order valence-electron chi connectivity index (χ0n) is 35.2. The summed E-state index contributed by atoms with van der Waals surface area (Å²) in [5, 5.41) is 12.7. The van der Waals surface area contributed by atoms with Crippen molar-refractivity contribution in [1.82, 2.24) is 5.32 Å². The monoisotopic (exact) mass is 788 g/mol. The van der Waals surface area contributed by atoms with Crippen LogP contribution in [0.4, 0.5) is 0 Å². The van der Waals surface area contributed by atoms with E-state index in [1.807, 2.05) is 0 Å². The van der Waals surface area contributed by atoms with Crippen LogP contribution >= 0.6 is 7.82 Å². The molecule has 0 saturated heterocycles. The maximum atomic E-state index is 12.1. The number of phosphoric acid groups is 1. The van der Waals surface area contributed by atoms with Crippen molar-refractivity contribution in [2.45, 2.75) is 232 Å². The van der Waals surface area contributed by atoms with Gasteiger partial charge < -0.3 is 20.1 Å². The van der Waals surface area contributed by atoms with Crippen LogP contribution in [0.2, 0.25) is 0 Å². The van der Waals surface area contributed by atoms with Crippen LogP contribution in [0.3, 0.4) is 0 Å². The van der Waals surface area contributed by atoms with E-state index in [9.17, 15) is 24.2 Å². The highest BCUT2D eigenvalue weighted by atomic mass is 31.2. The number of rotatable bonds is 43. The van der Waals surface area contributed by atoms with Gasteiger partial charge in [0.1, 0.15) is 12.7 Å². The lowest BCUT2D eigenvalue weighted by Crippen LogP contribution is -2.27. The summed E-state index contributed by atoms with van der Waals surface area (Å²) in [6.07, 6.45) is 43.1. The topological polar surface area (TPSA) is 131 Å². The van der Waals surface area contributed by atoms with E-state index in [1.54, 1.807) is 0 Å². The number of ether oxygens (including phenoxy) is 1. The molecule has 0 fully saturated rings. The summed E-state index contributed by atoms with van der Waals surface area (Å²) in [6.45, 7) is 3.51. The molecule has 3 N–H and O–H groups in total. The van der Waals surface area contributed by atoms with E-state index in [0.717, 1.165) is 57.8 Å². The van der Waals surface area contributed by atoms with Gasteiger partial charge in [-0.05, 0) is 32.1 Å². The number of amides is 1. The van der Waals surface area contributed by atoms with Crippen molar-refractivity contribution >= 4 is 19.7 Å². The lowest BCUT2D eigenvalue weighted by Gasteiger charge is -2.15. The average Bonchev–Trinajstić information content (AvgIpc) is 3.16. The van der Waals surface area contributed by atoms with Crippen molar-refractivity contribution in [2.75, 3.05) is 26.4 Å². The Hall–Kier alpha value is -1.25. The number of carbonyl (C=O) groups is 2. The molecule has 0 saturated carbocycles. The maximum absolute atomic E-state index is 12.1. The molecule has 0 aromatic carbocycles. The number of nitrogens with one attached hydrogen (secondary N) is 1. The van der Waals surface area contributed by atoms with E-state index in [-0.39, 0.29) is 32.1 Å². The Bertz CT molecular complexity index is 902. The SMILES string of the molecule is CCC/C=C\CCCCCCCC(=O)NCCOP(=O)(O)OCC(O)COC(=O)CCCCCCCCCCCCCCCCCCCCCCCCC. The molecule has 320 valence electrons. The molecule has 1 amide bonds. The number of aliphatic hydroxyl groups is 1. The zero-order valence-corrected chi connectivity index (χ0v) is 36.1. The molecule has 0 heterocycles. The second-order valence-corrected chi connectivity index (χ2v) is 16.8. The number of unbranched alkanes of at least 4 members (excludes halogenated alkanes) is 28. The van der Waals surface area contributed by atoms with Crippen molar-refractivity contribution in [1.29, 1.82) is 0 Å². The summed E-state index contributed by atoms with van der Waals surface area (Å²) in [6, 6.07) is 0. The molecule has 0 bridgehead atoms. The number of esters is 1. The average molecular weight is 788 g/mol. The molecule has 0 aliphatic rings. The first kappa shape index (κ1) is 52.8. The fourth-order valence-corrected chi connectivity index (χ4v) is 7.26. The van der Waals surface area contributed by atoms with Crippen molar-refractivity contribution in [2.24, 2.45) is 0 Å². The van der Waals surface area contributed by atoms with Crippen molar-refractivity contribution < 1.29 is 37.9 Å². The van der Waals surface area contributed by atoms with E-state index in [4.69, 9.17) is 13.8 Å². The number of carbonyl (C=O) groups excluding carboxylic acids is 2. The second kappa shape index (κ2) is 41.4. The fourth-order valence-electron chi connectivity index (χ4n) is 6.50. The number of allylic oxidation sites excluding steroid dienone is 2. The van der Waals surface area contributed by atoms with Gasteiger partial charge in [0.25, 0.3) is 0 Å². The molecule has 0 aromatic heterocycles. The highest BCUT2D eigenvalue weighted by Crippen LogP contribution is 2.42. The molecule has 2 atom stereocenters. The van der Waals surface area contributed by atoms with Crippen LogP contribution in [0, 0.1) is 0 Å². The van der Waals surface area contributed by atoms with Crippen LogP contribution in [0.1, 0.15) is 226 Å². The second-order valence-electron chi connectivity index (χ2n) is 15.4. The number of phosphoric ester groups is 1.